The molecule has 0 aromatic carbocycles. The number of rotatable bonds is 4. The highest BCUT2D eigenvalue weighted by atomic mass is 16.5. The van der Waals surface area contributed by atoms with Crippen molar-refractivity contribution in [3.05, 3.63) is 0 Å². The third kappa shape index (κ3) is 2.93. The van der Waals surface area contributed by atoms with Gasteiger partial charge in [-0.15, -0.1) is 0 Å². The van der Waals surface area contributed by atoms with Crippen LogP contribution in [0, 0.1) is 0 Å². The molecule has 1 aliphatic heterocycles. The summed E-state index contributed by atoms with van der Waals surface area (Å²) in [6.45, 7) is 8.96. The Morgan fingerprint density at radius 1 is 1.38 bits per heavy atom. The van der Waals surface area contributed by atoms with Gasteiger partial charge in [0.2, 0.25) is 0 Å². The number of hydrogen-bond acceptors (Lipinski definition) is 3. The summed E-state index contributed by atoms with van der Waals surface area (Å²) in [5, 5.41) is 3.37. The summed E-state index contributed by atoms with van der Waals surface area (Å²) in [7, 11) is 1.80. The summed E-state index contributed by atoms with van der Waals surface area (Å²) < 4.78 is 5.39. The van der Waals surface area contributed by atoms with Crippen LogP contribution in [0.15, 0.2) is 0 Å². The minimum Gasteiger partial charge on any atom is -0.380 e. The molecule has 0 aliphatic carbocycles. The maximum Gasteiger partial charge on any atom is 0.0698 e. The second-order valence-electron chi connectivity index (χ2n) is 3.70. The molecular formula is C10H22N2O. The van der Waals surface area contributed by atoms with Gasteiger partial charge in [0.25, 0.3) is 0 Å². The predicted octanol–water partition coefficient (Wildman–Crippen LogP) is 0.705. The van der Waals surface area contributed by atoms with Crippen LogP contribution in [0.5, 0.6) is 0 Å². The van der Waals surface area contributed by atoms with Crippen molar-refractivity contribution in [2.75, 3.05) is 33.3 Å². The van der Waals surface area contributed by atoms with E-state index in [0.717, 1.165) is 26.2 Å². The van der Waals surface area contributed by atoms with Crippen molar-refractivity contribution in [1.29, 1.82) is 0 Å². The van der Waals surface area contributed by atoms with Gasteiger partial charge < -0.3 is 10.1 Å². The average Bonchev–Trinajstić information content (AvgIpc) is 2.20. The summed E-state index contributed by atoms with van der Waals surface area (Å²) in [6, 6.07) is 0.590. The van der Waals surface area contributed by atoms with Gasteiger partial charge in [-0.2, -0.15) is 0 Å². The number of ether oxygens (including phenoxy) is 1. The molecule has 0 bridgehead atoms. The van der Waals surface area contributed by atoms with Crippen LogP contribution in [0.4, 0.5) is 0 Å². The number of nitrogens with zero attached hydrogens (tertiary/aromatic N) is 1. The second-order valence-corrected chi connectivity index (χ2v) is 3.70. The predicted molar refractivity (Wildman–Crippen MR) is 55.0 cm³/mol. The van der Waals surface area contributed by atoms with Crippen molar-refractivity contribution in [3.8, 4) is 0 Å². The van der Waals surface area contributed by atoms with E-state index >= 15 is 0 Å². The van der Waals surface area contributed by atoms with E-state index in [0.29, 0.717) is 12.1 Å². The van der Waals surface area contributed by atoms with E-state index < -0.39 is 0 Å². The third-order valence-corrected chi connectivity index (χ3v) is 2.95. The molecule has 0 spiro atoms. The van der Waals surface area contributed by atoms with Gasteiger partial charge in [0.1, 0.15) is 0 Å². The molecule has 1 rings (SSSR count). The summed E-state index contributed by atoms with van der Waals surface area (Å²) in [4.78, 5) is 2.53. The van der Waals surface area contributed by atoms with Crippen molar-refractivity contribution in [1.82, 2.24) is 10.2 Å². The molecule has 0 amide bonds. The van der Waals surface area contributed by atoms with E-state index in [2.05, 4.69) is 24.1 Å². The van der Waals surface area contributed by atoms with Crippen LogP contribution in [0.2, 0.25) is 0 Å². The number of hydrogen-bond donors (Lipinski definition) is 1. The minimum atomic E-state index is 0.350. The van der Waals surface area contributed by atoms with Crippen LogP contribution >= 0.6 is 0 Å². The molecule has 78 valence electrons. The Hall–Kier alpha value is -0.120. The molecule has 1 fully saturated rings. The topological polar surface area (TPSA) is 24.5 Å². The van der Waals surface area contributed by atoms with E-state index in [-0.39, 0.29) is 0 Å². The van der Waals surface area contributed by atoms with E-state index in [9.17, 15) is 0 Å². The first kappa shape index (κ1) is 11.0. The Balaban J connectivity index is 2.43. The van der Waals surface area contributed by atoms with Gasteiger partial charge >= 0.3 is 0 Å². The van der Waals surface area contributed by atoms with Crippen LogP contribution in [-0.4, -0.2) is 50.3 Å². The van der Waals surface area contributed by atoms with Crippen molar-refractivity contribution >= 4 is 0 Å². The normalized spacial score (nSPS) is 24.2. The first-order valence-electron chi connectivity index (χ1n) is 5.27. The molecule has 3 heteroatoms. The largest absolute Gasteiger partial charge is 0.380 e. The van der Waals surface area contributed by atoms with Crippen LogP contribution in [0.25, 0.3) is 0 Å². The van der Waals surface area contributed by atoms with Crippen molar-refractivity contribution in [3.63, 3.8) is 0 Å². The molecule has 2 unspecified atom stereocenters. The smallest absolute Gasteiger partial charge is 0.0698 e. The van der Waals surface area contributed by atoms with Crippen LogP contribution in [0.1, 0.15) is 20.3 Å². The highest BCUT2D eigenvalue weighted by Gasteiger charge is 2.23. The van der Waals surface area contributed by atoms with Crippen molar-refractivity contribution < 1.29 is 4.74 Å². The maximum atomic E-state index is 5.39. The quantitative estimate of drug-likeness (QED) is 0.699. The highest BCUT2D eigenvalue weighted by Crippen LogP contribution is 2.11. The SMILES string of the molecule is CCC(C(C)OC)N1CCNCC1. The molecule has 0 aromatic heterocycles. The summed E-state index contributed by atoms with van der Waals surface area (Å²) in [5.41, 5.74) is 0. The standard InChI is InChI=1S/C10H22N2O/c1-4-10(9(2)13-3)12-7-5-11-6-8-12/h9-11H,4-8H2,1-3H3. The van der Waals surface area contributed by atoms with Crippen LogP contribution in [-0.2, 0) is 4.74 Å². The average molecular weight is 186 g/mol. The van der Waals surface area contributed by atoms with Gasteiger partial charge in [-0.05, 0) is 13.3 Å². The zero-order chi connectivity index (χ0) is 9.68. The molecule has 0 saturated carbocycles. The first-order valence-corrected chi connectivity index (χ1v) is 5.27. The Morgan fingerprint density at radius 2 is 2.00 bits per heavy atom. The molecule has 13 heavy (non-hydrogen) atoms. The summed E-state index contributed by atoms with van der Waals surface area (Å²) in [5.74, 6) is 0. The Labute approximate surface area is 81.4 Å². The fourth-order valence-electron chi connectivity index (χ4n) is 2.06. The molecule has 1 saturated heterocycles. The lowest BCUT2D eigenvalue weighted by Gasteiger charge is -2.37. The molecule has 1 heterocycles. The number of piperazine rings is 1. The fraction of sp³-hybridized carbons (Fsp3) is 1.00. The fourth-order valence-corrected chi connectivity index (χ4v) is 2.06. The Morgan fingerprint density at radius 3 is 2.46 bits per heavy atom. The molecular weight excluding hydrogens is 164 g/mol. The Bertz CT molecular complexity index is 135. The van der Waals surface area contributed by atoms with Crippen LogP contribution in [0.3, 0.4) is 0 Å². The molecule has 1 aliphatic rings. The molecule has 0 aromatic rings. The molecule has 0 radical (unpaired) electrons. The lowest BCUT2D eigenvalue weighted by molar-refractivity contribution is 0.0186. The van der Waals surface area contributed by atoms with Gasteiger partial charge in [-0.3, -0.25) is 4.90 Å². The Kier molecular flexibility index (Phi) is 4.70. The van der Waals surface area contributed by atoms with E-state index in [1.165, 1.54) is 6.42 Å². The highest BCUT2D eigenvalue weighted by molar-refractivity contribution is 4.79. The van der Waals surface area contributed by atoms with E-state index in [1.54, 1.807) is 7.11 Å². The first-order chi connectivity index (χ1) is 6.29. The molecule has 2 atom stereocenters. The van der Waals surface area contributed by atoms with E-state index in [1.807, 2.05) is 0 Å². The van der Waals surface area contributed by atoms with Crippen molar-refractivity contribution in [2.45, 2.75) is 32.4 Å². The van der Waals surface area contributed by atoms with Gasteiger partial charge in [-0.1, -0.05) is 6.92 Å². The van der Waals surface area contributed by atoms with Gasteiger partial charge in [0, 0.05) is 39.3 Å². The second kappa shape index (κ2) is 5.58. The molecule has 1 N–H and O–H groups in total. The lowest BCUT2D eigenvalue weighted by atomic mass is 10.1. The number of methoxy groups -OCH3 is 1. The number of nitrogens with one attached hydrogen (secondary N) is 1. The van der Waals surface area contributed by atoms with Crippen LogP contribution < -0.4 is 5.32 Å². The lowest BCUT2D eigenvalue weighted by Crippen LogP contribution is -2.51. The maximum absolute atomic E-state index is 5.39. The minimum absolute atomic E-state index is 0.350. The third-order valence-electron chi connectivity index (χ3n) is 2.95. The van der Waals surface area contributed by atoms with Gasteiger partial charge in [0.05, 0.1) is 6.10 Å². The van der Waals surface area contributed by atoms with Gasteiger partial charge in [-0.25, -0.2) is 0 Å². The van der Waals surface area contributed by atoms with E-state index in [4.69, 9.17) is 4.74 Å². The molecule has 3 nitrogen and oxygen atoms in total. The zero-order valence-electron chi connectivity index (χ0n) is 9.05. The monoisotopic (exact) mass is 186 g/mol. The van der Waals surface area contributed by atoms with Crippen molar-refractivity contribution in [2.24, 2.45) is 0 Å². The van der Waals surface area contributed by atoms with Gasteiger partial charge in [0.15, 0.2) is 0 Å². The zero-order valence-corrected chi connectivity index (χ0v) is 9.05. The summed E-state index contributed by atoms with van der Waals surface area (Å²) in [6.07, 6.45) is 1.53. The summed E-state index contributed by atoms with van der Waals surface area (Å²) >= 11 is 0.